The average molecular weight is 482 g/mol. The van der Waals surface area contributed by atoms with Crippen LogP contribution in [0.1, 0.15) is 43.8 Å². The van der Waals surface area contributed by atoms with Crippen molar-refractivity contribution in [2.45, 2.75) is 18.8 Å². The van der Waals surface area contributed by atoms with Gasteiger partial charge in [-0.3, -0.25) is 9.59 Å². The third-order valence-electron chi connectivity index (χ3n) is 5.61. The number of anilines is 1. The summed E-state index contributed by atoms with van der Waals surface area (Å²) in [4.78, 5) is 32.7. The molecule has 1 N–H and O–H groups in total. The molecular weight excluding hydrogens is 462 g/mol. The summed E-state index contributed by atoms with van der Waals surface area (Å²) in [5.41, 5.74) is 2.15. The largest absolute Gasteiger partial charge is 0.339 e. The SMILES string of the molecule is O=C(Nc1cccc(C(=O)N2CCC(c3nc4cc(Cl)ccc4s3)CC2)c1)c1cccs1. The van der Waals surface area contributed by atoms with Crippen molar-refractivity contribution in [3.05, 3.63) is 80.4 Å². The van der Waals surface area contributed by atoms with E-state index in [1.54, 1.807) is 41.7 Å². The molecular formula is C24H20ClN3O2S2. The predicted molar refractivity (Wildman–Crippen MR) is 131 cm³/mol. The Labute approximate surface area is 198 Å². The van der Waals surface area contributed by atoms with Crippen molar-refractivity contribution in [3.8, 4) is 0 Å². The van der Waals surface area contributed by atoms with Crippen LogP contribution in [0.5, 0.6) is 0 Å². The summed E-state index contributed by atoms with van der Waals surface area (Å²) in [6.07, 6.45) is 1.77. The van der Waals surface area contributed by atoms with E-state index < -0.39 is 0 Å². The van der Waals surface area contributed by atoms with E-state index >= 15 is 0 Å². The number of carbonyl (C=O) groups is 2. The molecule has 0 aliphatic carbocycles. The third kappa shape index (κ3) is 4.41. The lowest BCUT2D eigenvalue weighted by atomic mass is 9.97. The van der Waals surface area contributed by atoms with Gasteiger partial charge in [0.2, 0.25) is 0 Å². The Morgan fingerprint density at radius 1 is 1.06 bits per heavy atom. The van der Waals surface area contributed by atoms with Gasteiger partial charge in [0.15, 0.2) is 0 Å². The van der Waals surface area contributed by atoms with Crippen LogP contribution in [0.25, 0.3) is 10.2 Å². The molecule has 8 heteroatoms. The smallest absolute Gasteiger partial charge is 0.265 e. The van der Waals surface area contributed by atoms with Crippen molar-refractivity contribution in [1.29, 1.82) is 0 Å². The van der Waals surface area contributed by atoms with Crippen molar-refractivity contribution >= 4 is 62.0 Å². The van der Waals surface area contributed by atoms with Gasteiger partial charge in [0.25, 0.3) is 11.8 Å². The number of nitrogens with zero attached hydrogens (tertiary/aromatic N) is 2. The highest BCUT2D eigenvalue weighted by Gasteiger charge is 2.26. The fraction of sp³-hybridized carbons (Fsp3) is 0.208. The van der Waals surface area contributed by atoms with Gasteiger partial charge in [-0.15, -0.1) is 22.7 Å². The Morgan fingerprint density at radius 3 is 2.69 bits per heavy atom. The highest BCUT2D eigenvalue weighted by molar-refractivity contribution is 7.18. The predicted octanol–water partition coefficient (Wildman–Crippen LogP) is 6.28. The van der Waals surface area contributed by atoms with Gasteiger partial charge in [-0.05, 0) is 60.7 Å². The summed E-state index contributed by atoms with van der Waals surface area (Å²) < 4.78 is 1.14. The zero-order valence-electron chi connectivity index (χ0n) is 17.1. The second kappa shape index (κ2) is 9.02. The van der Waals surface area contributed by atoms with Gasteiger partial charge in [0, 0.05) is 35.3 Å². The zero-order chi connectivity index (χ0) is 22.1. The van der Waals surface area contributed by atoms with Crippen molar-refractivity contribution in [2.75, 3.05) is 18.4 Å². The number of aromatic nitrogens is 1. The van der Waals surface area contributed by atoms with Gasteiger partial charge in [0.1, 0.15) is 0 Å². The van der Waals surface area contributed by atoms with Crippen LogP contribution in [0.2, 0.25) is 5.02 Å². The Hall–Kier alpha value is -2.74. The molecule has 1 fully saturated rings. The molecule has 5 rings (SSSR count). The fourth-order valence-electron chi connectivity index (χ4n) is 3.94. The lowest BCUT2D eigenvalue weighted by Crippen LogP contribution is -2.37. The van der Waals surface area contributed by atoms with Crippen molar-refractivity contribution in [3.63, 3.8) is 0 Å². The summed E-state index contributed by atoms with van der Waals surface area (Å²) in [5.74, 6) is 0.181. The van der Waals surface area contributed by atoms with Crippen LogP contribution in [0.4, 0.5) is 5.69 Å². The number of likely N-dealkylation sites (tertiary alicyclic amines) is 1. The van der Waals surface area contributed by atoms with Crippen LogP contribution in [0.3, 0.4) is 0 Å². The minimum Gasteiger partial charge on any atom is -0.339 e. The van der Waals surface area contributed by atoms with Crippen LogP contribution >= 0.6 is 34.3 Å². The van der Waals surface area contributed by atoms with Crippen molar-refractivity contribution < 1.29 is 9.59 Å². The number of hydrogen-bond donors (Lipinski definition) is 1. The van der Waals surface area contributed by atoms with Gasteiger partial charge in [-0.25, -0.2) is 4.98 Å². The van der Waals surface area contributed by atoms with Gasteiger partial charge in [-0.1, -0.05) is 23.7 Å². The van der Waals surface area contributed by atoms with Crippen LogP contribution in [0, 0.1) is 0 Å². The minimum absolute atomic E-state index is 0.00763. The molecule has 2 amide bonds. The highest BCUT2D eigenvalue weighted by atomic mass is 35.5. The maximum atomic E-state index is 13.1. The Bertz CT molecular complexity index is 1280. The van der Waals surface area contributed by atoms with E-state index in [9.17, 15) is 9.59 Å². The van der Waals surface area contributed by atoms with Gasteiger partial charge in [0.05, 0.1) is 20.1 Å². The molecule has 4 aromatic rings. The number of hydrogen-bond acceptors (Lipinski definition) is 5. The summed E-state index contributed by atoms with van der Waals surface area (Å²) in [6, 6.07) is 16.6. The summed E-state index contributed by atoms with van der Waals surface area (Å²) in [6.45, 7) is 1.37. The van der Waals surface area contributed by atoms with E-state index in [2.05, 4.69) is 5.32 Å². The quantitative estimate of drug-likeness (QED) is 0.373. The molecule has 0 atom stereocenters. The molecule has 1 aliphatic rings. The van der Waals surface area contributed by atoms with Crippen LogP contribution in [-0.2, 0) is 0 Å². The number of thiazole rings is 1. The molecule has 0 radical (unpaired) electrons. The lowest BCUT2D eigenvalue weighted by Gasteiger charge is -2.31. The standard InChI is InChI=1S/C24H20ClN3O2S2/c25-17-6-7-20-19(14-17)27-23(32-20)15-8-10-28(11-9-15)24(30)16-3-1-4-18(13-16)26-22(29)21-5-2-12-31-21/h1-7,12-15H,8-11H2,(H,26,29). The molecule has 5 nitrogen and oxygen atoms in total. The molecule has 0 spiro atoms. The third-order valence-corrected chi connectivity index (χ3v) is 7.91. The fourth-order valence-corrected chi connectivity index (χ4v) is 5.84. The monoisotopic (exact) mass is 481 g/mol. The highest BCUT2D eigenvalue weighted by Crippen LogP contribution is 2.35. The maximum absolute atomic E-state index is 13.1. The van der Waals surface area contributed by atoms with Crippen LogP contribution < -0.4 is 5.32 Å². The maximum Gasteiger partial charge on any atom is 0.265 e. The lowest BCUT2D eigenvalue weighted by molar-refractivity contribution is 0.0712. The zero-order valence-corrected chi connectivity index (χ0v) is 19.5. The molecule has 0 saturated carbocycles. The van der Waals surface area contributed by atoms with E-state index in [1.807, 2.05) is 34.5 Å². The van der Waals surface area contributed by atoms with E-state index in [0.29, 0.717) is 40.2 Å². The first-order chi connectivity index (χ1) is 15.6. The van der Waals surface area contributed by atoms with Crippen molar-refractivity contribution in [2.24, 2.45) is 0 Å². The average Bonchev–Trinajstić information content (AvgIpc) is 3.49. The molecule has 0 unspecified atom stereocenters. The van der Waals surface area contributed by atoms with Crippen molar-refractivity contribution in [1.82, 2.24) is 9.88 Å². The van der Waals surface area contributed by atoms with Gasteiger partial charge >= 0.3 is 0 Å². The molecule has 0 bridgehead atoms. The number of fused-ring (bicyclic) bond motifs is 1. The molecule has 2 aromatic carbocycles. The summed E-state index contributed by atoms with van der Waals surface area (Å²) in [5, 5.41) is 6.55. The number of nitrogens with one attached hydrogen (secondary N) is 1. The number of halogens is 1. The Balaban J connectivity index is 1.23. The number of carbonyl (C=O) groups excluding carboxylic acids is 2. The topological polar surface area (TPSA) is 62.3 Å². The van der Waals surface area contributed by atoms with Gasteiger partial charge in [-0.2, -0.15) is 0 Å². The van der Waals surface area contributed by atoms with Crippen LogP contribution in [0.15, 0.2) is 60.0 Å². The molecule has 3 heterocycles. The van der Waals surface area contributed by atoms with E-state index in [4.69, 9.17) is 16.6 Å². The number of benzene rings is 2. The number of amides is 2. The molecule has 32 heavy (non-hydrogen) atoms. The Morgan fingerprint density at radius 2 is 1.91 bits per heavy atom. The van der Waals surface area contributed by atoms with E-state index in [1.165, 1.54) is 11.3 Å². The first kappa shape index (κ1) is 21.1. The van der Waals surface area contributed by atoms with E-state index in [-0.39, 0.29) is 11.8 Å². The first-order valence-electron chi connectivity index (χ1n) is 10.4. The normalized spacial score (nSPS) is 14.6. The molecule has 1 aliphatic heterocycles. The molecule has 162 valence electrons. The number of thiophene rings is 1. The Kier molecular flexibility index (Phi) is 5.95. The first-order valence-corrected chi connectivity index (χ1v) is 12.4. The molecule has 2 aromatic heterocycles. The second-order valence-corrected chi connectivity index (χ2v) is 10.2. The number of piperidine rings is 1. The number of rotatable bonds is 4. The second-order valence-electron chi connectivity index (χ2n) is 7.74. The summed E-state index contributed by atoms with van der Waals surface area (Å²) in [7, 11) is 0. The van der Waals surface area contributed by atoms with E-state index in [0.717, 1.165) is 28.1 Å². The summed E-state index contributed by atoms with van der Waals surface area (Å²) >= 11 is 9.19. The van der Waals surface area contributed by atoms with Crippen LogP contribution in [-0.4, -0.2) is 34.8 Å². The minimum atomic E-state index is -0.164. The van der Waals surface area contributed by atoms with Gasteiger partial charge < -0.3 is 10.2 Å². The molecule has 1 saturated heterocycles.